The molecule has 6 aromatic rings. The number of rotatable bonds is 15. The summed E-state index contributed by atoms with van der Waals surface area (Å²) in [5.74, 6) is -0.595. The summed E-state index contributed by atoms with van der Waals surface area (Å²) in [6.45, 7) is 10.9. The number of Topliss-reactive ketones (excluding diaryl/α,β-unsaturated/α-hetero) is 1. The maximum atomic E-state index is 14.3. The molecule has 75 heavy (non-hydrogen) atoms. The number of fused-ring (bicyclic) bond motifs is 2. The number of anilines is 3. The van der Waals surface area contributed by atoms with Crippen molar-refractivity contribution in [3.05, 3.63) is 116 Å². The number of aryl methyl sites for hydroxylation is 2. The number of aromatic nitrogens is 5. The number of ether oxygens (including phenoxy) is 1. The van der Waals surface area contributed by atoms with E-state index in [1.165, 1.54) is 23.2 Å². The molecule has 390 valence electrons. The molecular weight excluding hydrogens is 975 g/mol. The first-order valence-electron chi connectivity index (χ1n) is 25.6. The van der Waals surface area contributed by atoms with Gasteiger partial charge in [-0.15, -0.1) is 11.3 Å². The maximum absolute atomic E-state index is 14.3. The summed E-state index contributed by atoms with van der Waals surface area (Å²) in [4.78, 5) is 108. The van der Waals surface area contributed by atoms with Crippen molar-refractivity contribution in [3.63, 3.8) is 0 Å². The van der Waals surface area contributed by atoms with E-state index in [1.54, 1.807) is 51.3 Å². The minimum absolute atomic E-state index is 0.0220. The second-order valence-corrected chi connectivity index (χ2v) is 21.1. The number of likely N-dealkylation sites (tertiary alicyclic amines) is 1. The molecule has 20 heteroatoms. The smallest absolute Gasteiger partial charge is 0.263 e. The number of carbonyl (C=O) groups is 5. The molecule has 0 radical (unpaired) electrons. The van der Waals surface area contributed by atoms with Gasteiger partial charge in [-0.2, -0.15) is 4.98 Å². The van der Waals surface area contributed by atoms with Crippen LogP contribution in [0.5, 0.6) is 5.75 Å². The summed E-state index contributed by atoms with van der Waals surface area (Å²) in [7, 11) is 0. The zero-order valence-corrected chi connectivity index (χ0v) is 43.6. The number of thiazole rings is 1. The van der Waals surface area contributed by atoms with E-state index in [4.69, 9.17) is 9.72 Å². The fraction of sp³-hybridized carbons (Fsp3) is 0.418. The predicted octanol–water partition coefficient (Wildman–Crippen LogP) is 5.97. The van der Waals surface area contributed by atoms with E-state index in [-0.39, 0.29) is 85.2 Å². The fourth-order valence-electron chi connectivity index (χ4n) is 11.1. The Balaban J connectivity index is 0.770. The average Bonchev–Trinajstić information content (AvgIpc) is 4.25. The normalized spacial score (nSPS) is 18.3. The van der Waals surface area contributed by atoms with Crippen LogP contribution in [0.25, 0.3) is 21.5 Å². The van der Waals surface area contributed by atoms with Crippen molar-refractivity contribution in [2.45, 2.75) is 104 Å². The number of pyridine rings is 2. The monoisotopic (exact) mass is 1040 g/mol. The Hall–Kier alpha value is -7.58. The van der Waals surface area contributed by atoms with Crippen LogP contribution in [0.1, 0.15) is 102 Å². The van der Waals surface area contributed by atoms with Gasteiger partial charge in [0.05, 0.1) is 39.6 Å². The molecule has 2 saturated heterocycles. The van der Waals surface area contributed by atoms with Gasteiger partial charge in [0, 0.05) is 81.0 Å². The van der Waals surface area contributed by atoms with Gasteiger partial charge >= 0.3 is 0 Å². The third-order valence-electron chi connectivity index (χ3n) is 15.0. The van der Waals surface area contributed by atoms with Gasteiger partial charge in [-0.05, 0) is 80.5 Å². The van der Waals surface area contributed by atoms with Crippen molar-refractivity contribution in [1.29, 1.82) is 0 Å². The molecule has 1 saturated carbocycles. The van der Waals surface area contributed by atoms with Crippen LogP contribution in [0.4, 0.5) is 17.5 Å². The van der Waals surface area contributed by atoms with Gasteiger partial charge in [0.25, 0.3) is 17.4 Å². The Morgan fingerprint density at radius 2 is 1.71 bits per heavy atom. The summed E-state index contributed by atoms with van der Waals surface area (Å²) in [5.41, 5.74) is 7.29. The van der Waals surface area contributed by atoms with Gasteiger partial charge in [-0.1, -0.05) is 57.0 Å². The highest BCUT2D eigenvalue weighted by Gasteiger charge is 2.46. The van der Waals surface area contributed by atoms with Crippen LogP contribution in [0.15, 0.2) is 77.3 Å². The van der Waals surface area contributed by atoms with Crippen LogP contribution in [0, 0.1) is 19.8 Å². The first-order chi connectivity index (χ1) is 36.1. The third-order valence-corrected chi connectivity index (χ3v) is 16.0. The molecule has 10 rings (SSSR count). The van der Waals surface area contributed by atoms with Gasteiger partial charge in [0.1, 0.15) is 29.3 Å². The number of benzene rings is 2. The van der Waals surface area contributed by atoms with Crippen molar-refractivity contribution >= 4 is 69.2 Å². The van der Waals surface area contributed by atoms with Crippen LogP contribution in [-0.4, -0.2) is 131 Å². The summed E-state index contributed by atoms with van der Waals surface area (Å²) in [5, 5.41) is 17.6. The number of ketones is 1. The molecule has 0 bridgehead atoms. The number of hydrogen-bond acceptors (Lipinski definition) is 15. The SMILES string of the molecule is CC(=O)c1c(C)c2cnc(Nc3ccc(N4CCN(C(=O)COc5cc(-c6scnc6C)ccc5CNC(=O)C5CC(O)CN5C(=O)[C@H](C(C)C)N5Cc6ccccc6C5=O)CC4)cn3)nc2n(C2CCCC2)c1=O. The van der Waals surface area contributed by atoms with Gasteiger partial charge in [0.15, 0.2) is 12.4 Å². The van der Waals surface area contributed by atoms with Crippen molar-refractivity contribution < 1.29 is 33.8 Å². The molecule has 3 N–H and O–H groups in total. The van der Waals surface area contributed by atoms with Crippen LogP contribution < -0.4 is 25.8 Å². The number of carbonyl (C=O) groups excluding carboxylic acids is 5. The highest BCUT2D eigenvalue weighted by molar-refractivity contribution is 7.13. The highest BCUT2D eigenvalue weighted by atomic mass is 32.1. The molecule has 4 amide bonds. The molecule has 2 aromatic carbocycles. The Morgan fingerprint density at radius 1 is 0.933 bits per heavy atom. The fourth-order valence-corrected chi connectivity index (χ4v) is 11.9. The van der Waals surface area contributed by atoms with E-state index < -0.39 is 24.1 Å². The minimum atomic E-state index is -0.967. The first kappa shape index (κ1) is 50.9. The molecule has 3 atom stereocenters. The van der Waals surface area contributed by atoms with Gasteiger partial charge in [-0.25, -0.2) is 15.0 Å². The molecule has 1 aliphatic carbocycles. The molecule has 3 aliphatic heterocycles. The van der Waals surface area contributed by atoms with E-state index in [0.717, 1.165) is 53.1 Å². The zero-order valence-electron chi connectivity index (χ0n) is 42.7. The molecular formula is C55H61N11O8S. The van der Waals surface area contributed by atoms with Crippen molar-refractivity contribution in [2.75, 3.05) is 49.5 Å². The number of amides is 4. The molecule has 2 unspecified atom stereocenters. The van der Waals surface area contributed by atoms with Crippen molar-refractivity contribution in [2.24, 2.45) is 5.92 Å². The van der Waals surface area contributed by atoms with E-state index in [1.807, 2.05) is 63.2 Å². The second kappa shape index (κ2) is 21.3. The standard InChI is InChI=1S/C55H61N11O8S/c1-31(2)48(65-27-37-10-6-9-13-41(37)52(65)71)54(73)64-28-40(68)23-43(64)51(70)57-24-36-15-14-35(49-33(4)59-30-75-49)22-44(36)74-29-46(69)63-20-18-62(19-21-63)39-16-17-45(56-25-39)60-55-58-26-42-32(3)47(34(5)67)53(72)66(50(42)61-55)38-11-7-8-12-38/h6,9-10,13-17,22,25-26,30-31,38,40,43,48,68H,7-8,11-12,18-21,23-24,27-29H2,1-5H3,(H,57,70)(H,56,58,60,61)/t40?,43?,48-/m0/s1. The molecule has 19 nitrogen and oxygen atoms in total. The number of nitrogens with one attached hydrogen (secondary N) is 2. The summed E-state index contributed by atoms with van der Waals surface area (Å²) in [6, 6.07) is 14.8. The lowest BCUT2D eigenvalue weighted by Gasteiger charge is -2.36. The lowest BCUT2D eigenvalue weighted by Crippen LogP contribution is -2.55. The summed E-state index contributed by atoms with van der Waals surface area (Å²) >= 11 is 1.48. The van der Waals surface area contributed by atoms with Crippen molar-refractivity contribution in [3.8, 4) is 16.2 Å². The Bertz CT molecular complexity index is 3250. The maximum Gasteiger partial charge on any atom is 0.263 e. The van der Waals surface area contributed by atoms with Crippen molar-refractivity contribution in [1.82, 2.24) is 44.5 Å². The number of nitrogens with zero attached hydrogens (tertiary/aromatic N) is 9. The quantitative estimate of drug-likeness (QED) is 0.101. The largest absolute Gasteiger partial charge is 0.483 e. The van der Waals surface area contributed by atoms with Gasteiger partial charge in [0.2, 0.25) is 17.8 Å². The molecule has 4 aliphatic rings. The number of hydrogen-bond donors (Lipinski definition) is 3. The lowest BCUT2D eigenvalue weighted by molar-refractivity contribution is -0.143. The number of aliphatic hydroxyl groups is 1. The topological polar surface area (TPSA) is 225 Å². The predicted molar refractivity (Wildman–Crippen MR) is 283 cm³/mol. The van der Waals surface area contributed by atoms with E-state index in [9.17, 15) is 33.9 Å². The van der Waals surface area contributed by atoms with E-state index in [0.29, 0.717) is 65.5 Å². The Kier molecular flexibility index (Phi) is 14.5. The number of aliphatic hydroxyl groups excluding tert-OH is 1. The van der Waals surface area contributed by atoms with E-state index >= 15 is 0 Å². The highest BCUT2D eigenvalue weighted by Crippen LogP contribution is 2.35. The molecule has 7 heterocycles. The third kappa shape index (κ3) is 10.2. The van der Waals surface area contributed by atoms with Crippen LogP contribution in [0.2, 0.25) is 0 Å². The zero-order chi connectivity index (χ0) is 52.7. The Labute approximate surface area is 438 Å². The lowest BCUT2D eigenvalue weighted by atomic mass is 10.0. The van der Waals surface area contributed by atoms with Gasteiger partial charge in [-0.3, -0.25) is 33.3 Å². The summed E-state index contributed by atoms with van der Waals surface area (Å²) < 4.78 is 7.98. The second-order valence-electron chi connectivity index (χ2n) is 20.3. The number of piperazine rings is 1. The van der Waals surface area contributed by atoms with Gasteiger partial charge < -0.3 is 40.1 Å². The average molecular weight is 1040 g/mol. The Morgan fingerprint density at radius 3 is 2.40 bits per heavy atom. The number of β-amino-alcohol motifs (C(OH)–C–C–N with tert-alkyl or cyclic N) is 1. The van der Waals surface area contributed by atoms with Crippen LogP contribution >= 0.6 is 11.3 Å². The van der Waals surface area contributed by atoms with E-state index in [2.05, 4.69) is 30.5 Å². The first-order valence-corrected chi connectivity index (χ1v) is 26.5. The molecule has 3 fully saturated rings. The minimum Gasteiger partial charge on any atom is -0.483 e. The summed E-state index contributed by atoms with van der Waals surface area (Å²) in [6.07, 6.45) is 6.23. The van der Waals surface area contributed by atoms with Crippen LogP contribution in [-0.2, 0) is 27.5 Å². The molecule has 4 aromatic heterocycles. The van der Waals surface area contributed by atoms with Crippen LogP contribution in [0.3, 0.4) is 0 Å². The molecule has 0 spiro atoms.